The molecule has 0 heterocycles. The molecule has 0 aromatic heterocycles. The minimum atomic E-state index is 0.728. The first-order valence-corrected chi connectivity index (χ1v) is 5.07. The third-order valence-electron chi connectivity index (χ3n) is 1.51. The SMILES string of the molecule is C=C/C=C(C)\C=C/CNCCCCl. The van der Waals surface area contributed by atoms with E-state index in [1.54, 1.807) is 6.08 Å². The number of rotatable bonds is 7. The van der Waals surface area contributed by atoms with Crippen LogP contribution in [0.1, 0.15) is 13.3 Å². The molecule has 0 saturated heterocycles. The van der Waals surface area contributed by atoms with Crippen molar-refractivity contribution < 1.29 is 0 Å². The van der Waals surface area contributed by atoms with Gasteiger partial charge in [0.1, 0.15) is 0 Å². The second-order valence-corrected chi connectivity index (χ2v) is 3.17. The summed E-state index contributed by atoms with van der Waals surface area (Å²) in [5, 5.41) is 3.26. The van der Waals surface area contributed by atoms with Gasteiger partial charge in [-0.05, 0) is 19.9 Å². The van der Waals surface area contributed by atoms with Gasteiger partial charge in [0.25, 0.3) is 0 Å². The minimum absolute atomic E-state index is 0.728. The summed E-state index contributed by atoms with van der Waals surface area (Å²) < 4.78 is 0. The van der Waals surface area contributed by atoms with E-state index < -0.39 is 0 Å². The molecule has 13 heavy (non-hydrogen) atoms. The Hall–Kier alpha value is -0.530. The van der Waals surface area contributed by atoms with Gasteiger partial charge >= 0.3 is 0 Å². The predicted molar refractivity (Wildman–Crippen MR) is 61.3 cm³/mol. The molecule has 0 amide bonds. The number of alkyl halides is 1. The highest BCUT2D eigenvalue weighted by molar-refractivity contribution is 6.17. The summed E-state index contributed by atoms with van der Waals surface area (Å²) in [7, 11) is 0. The number of hydrogen-bond acceptors (Lipinski definition) is 1. The van der Waals surface area contributed by atoms with Gasteiger partial charge in [0, 0.05) is 12.4 Å². The van der Waals surface area contributed by atoms with Crippen LogP contribution in [0.4, 0.5) is 0 Å². The van der Waals surface area contributed by atoms with Crippen molar-refractivity contribution in [1.82, 2.24) is 5.32 Å². The Morgan fingerprint density at radius 3 is 2.92 bits per heavy atom. The molecule has 0 rings (SSSR count). The summed E-state index contributed by atoms with van der Waals surface area (Å²) >= 11 is 5.53. The Kier molecular flexibility index (Phi) is 9.17. The van der Waals surface area contributed by atoms with Crippen molar-refractivity contribution in [2.24, 2.45) is 0 Å². The Bertz CT molecular complexity index is 183. The molecule has 0 aliphatic rings. The van der Waals surface area contributed by atoms with Crippen molar-refractivity contribution >= 4 is 11.6 Å². The molecule has 1 nitrogen and oxygen atoms in total. The van der Waals surface area contributed by atoms with Gasteiger partial charge < -0.3 is 5.32 Å². The van der Waals surface area contributed by atoms with E-state index in [1.165, 1.54) is 5.57 Å². The van der Waals surface area contributed by atoms with Crippen LogP contribution in [0.2, 0.25) is 0 Å². The van der Waals surface area contributed by atoms with Gasteiger partial charge in [0.05, 0.1) is 0 Å². The molecule has 0 spiro atoms. The Labute approximate surface area is 86.2 Å². The number of halogens is 1. The lowest BCUT2D eigenvalue weighted by Crippen LogP contribution is -2.15. The van der Waals surface area contributed by atoms with E-state index in [9.17, 15) is 0 Å². The van der Waals surface area contributed by atoms with Crippen LogP contribution in [-0.4, -0.2) is 19.0 Å². The quantitative estimate of drug-likeness (QED) is 0.378. The maximum atomic E-state index is 5.53. The van der Waals surface area contributed by atoms with Crippen LogP contribution in [0.15, 0.2) is 36.5 Å². The summed E-state index contributed by atoms with van der Waals surface area (Å²) in [6.45, 7) is 7.57. The standard InChI is InChI=1S/C11H18ClN/c1-3-6-11(2)7-4-9-13-10-5-8-12/h3-4,6-7,13H,1,5,8-10H2,2H3/b7-4-,11-6-. The molecule has 0 bridgehead atoms. The fourth-order valence-corrected chi connectivity index (χ4v) is 0.997. The lowest BCUT2D eigenvalue weighted by atomic mass is 10.2. The highest BCUT2D eigenvalue weighted by Gasteiger charge is 1.82. The normalized spacial score (nSPS) is 12.3. The first kappa shape index (κ1) is 12.5. The Morgan fingerprint density at radius 1 is 1.54 bits per heavy atom. The van der Waals surface area contributed by atoms with Gasteiger partial charge in [-0.15, -0.1) is 11.6 Å². The summed E-state index contributed by atoms with van der Waals surface area (Å²) in [6, 6.07) is 0. The second-order valence-electron chi connectivity index (χ2n) is 2.80. The molecule has 0 aliphatic heterocycles. The maximum absolute atomic E-state index is 5.53. The van der Waals surface area contributed by atoms with Gasteiger partial charge in [-0.3, -0.25) is 0 Å². The average molecular weight is 200 g/mol. The van der Waals surface area contributed by atoms with Gasteiger partial charge in [0.2, 0.25) is 0 Å². The molecule has 2 heteroatoms. The first-order valence-electron chi connectivity index (χ1n) is 4.53. The van der Waals surface area contributed by atoms with Crippen LogP contribution in [0, 0.1) is 0 Å². The van der Waals surface area contributed by atoms with E-state index in [2.05, 4.69) is 31.0 Å². The van der Waals surface area contributed by atoms with Crippen molar-refractivity contribution in [3.05, 3.63) is 36.5 Å². The first-order chi connectivity index (χ1) is 6.31. The van der Waals surface area contributed by atoms with Crippen LogP contribution in [0.3, 0.4) is 0 Å². The fourth-order valence-electron chi connectivity index (χ4n) is 0.863. The zero-order valence-electron chi connectivity index (χ0n) is 8.22. The third-order valence-corrected chi connectivity index (χ3v) is 1.78. The van der Waals surface area contributed by atoms with Crippen molar-refractivity contribution in [3.8, 4) is 0 Å². The van der Waals surface area contributed by atoms with E-state index in [1.807, 2.05) is 6.08 Å². The molecule has 0 fully saturated rings. The van der Waals surface area contributed by atoms with Crippen LogP contribution in [0.25, 0.3) is 0 Å². The van der Waals surface area contributed by atoms with Gasteiger partial charge in [-0.1, -0.05) is 36.5 Å². The van der Waals surface area contributed by atoms with Gasteiger partial charge in [-0.25, -0.2) is 0 Å². The lowest BCUT2D eigenvalue weighted by molar-refractivity contribution is 0.732. The molecular weight excluding hydrogens is 182 g/mol. The van der Waals surface area contributed by atoms with Crippen LogP contribution in [0.5, 0.6) is 0 Å². The molecule has 0 atom stereocenters. The van der Waals surface area contributed by atoms with Crippen molar-refractivity contribution in [2.75, 3.05) is 19.0 Å². The highest BCUT2D eigenvalue weighted by Crippen LogP contribution is 1.93. The smallest absolute Gasteiger partial charge is 0.0235 e. The van der Waals surface area contributed by atoms with Crippen LogP contribution in [-0.2, 0) is 0 Å². The van der Waals surface area contributed by atoms with E-state index in [0.29, 0.717) is 0 Å². The van der Waals surface area contributed by atoms with Crippen LogP contribution < -0.4 is 5.32 Å². The number of nitrogens with one attached hydrogen (secondary N) is 1. The monoisotopic (exact) mass is 199 g/mol. The molecule has 0 aromatic carbocycles. The van der Waals surface area contributed by atoms with Crippen molar-refractivity contribution in [1.29, 1.82) is 0 Å². The van der Waals surface area contributed by atoms with Crippen LogP contribution >= 0.6 is 11.6 Å². The summed E-state index contributed by atoms with van der Waals surface area (Å²) in [5.74, 6) is 0.728. The predicted octanol–water partition coefficient (Wildman–Crippen LogP) is 2.89. The number of allylic oxidation sites excluding steroid dienone is 4. The highest BCUT2D eigenvalue weighted by atomic mass is 35.5. The zero-order valence-corrected chi connectivity index (χ0v) is 8.98. The topological polar surface area (TPSA) is 12.0 Å². The summed E-state index contributed by atoms with van der Waals surface area (Å²) in [6.07, 6.45) is 8.98. The van der Waals surface area contributed by atoms with E-state index in [-0.39, 0.29) is 0 Å². The molecule has 0 aliphatic carbocycles. The second kappa shape index (κ2) is 9.56. The van der Waals surface area contributed by atoms with E-state index in [0.717, 1.165) is 25.4 Å². The molecule has 0 unspecified atom stereocenters. The minimum Gasteiger partial charge on any atom is -0.313 e. The Balaban J connectivity index is 3.40. The molecule has 0 saturated carbocycles. The fraction of sp³-hybridized carbons (Fsp3) is 0.455. The molecule has 74 valence electrons. The van der Waals surface area contributed by atoms with E-state index >= 15 is 0 Å². The van der Waals surface area contributed by atoms with E-state index in [4.69, 9.17) is 11.6 Å². The molecule has 0 aromatic rings. The molecular formula is C11H18ClN. The lowest BCUT2D eigenvalue weighted by Gasteiger charge is -1.97. The van der Waals surface area contributed by atoms with Crippen molar-refractivity contribution in [2.45, 2.75) is 13.3 Å². The van der Waals surface area contributed by atoms with Crippen molar-refractivity contribution in [3.63, 3.8) is 0 Å². The largest absolute Gasteiger partial charge is 0.313 e. The van der Waals surface area contributed by atoms with Gasteiger partial charge in [0.15, 0.2) is 0 Å². The number of hydrogen-bond donors (Lipinski definition) is 1. The maximum Gasteiger partial charge on any atom is 0.0235 e. The Morgan fingerprint density at radius 2 is 2.31 bits per heavy atom. The third kappa shape index (κ3) is 9.38. The molecule has 1 N–H and O–H groups in total. The average Bonchev–Trinajstić information content (AvgIpc) is 2.11. The summed E-state index contributed by atoms with van der Waals surface area (Å²) in [4.78, 5) is 0. The summed E-state index contributed by atoms with van der Waals surface area (Å²) in [5.41, 5.74) is 1.22. The molecule has 0 radical (unpaired) electrons. The zero-order chi connectivity index (χ0) is 9.94. The van der Waals surface area contributed by atoms with Gasteiger partial charge in [-0.2, -0.15) is 0 Å².